The van der Waals surface area contributed by atoms with Crippen LogP contribution in [0.4, 0.5) is 0 Å². The Balaban J connectivity index is -0.0000000300. The second kappa shape index (κ2) is 30.9. The zero-order valence-electron chi connectivity index (χ0n) is 7.08. The van der Waals surface area contributed by atoms with Crippen LogP contribution in [0.5, 0.6) is 0 Å². The molecule has 0 unspecified atom stereocenters. The fraction of sp³-hybridized carbons (Fsp3) is 0.857. The van der Waals surface area contributed by atoms with Crippen molar-refractivity contribution in [2.45, 2.75) is 39.0 Å². The molecule has 0 aliphatic rings. The molecule has 0 spiro atoms. The van der Waals surface area contributed by atoms with Crippen molar-refractivity contribution in [3.8, 4) is 0 Å². The third-order valence-corrected chi connectivity index (χ3v) is 1.10. The molecule has 68 valence electrons. The fourth-order valence-electron chi connectivity index (χ4n) is 0.604. The van der Waals surface area contributed by atoms with E-state index in [1.165, 1.54) is 25.7 Å². The molecule has 11 heavy (non-hydrogen) atoms. The van der Waals surface area contributed by atoms with E-state index in [1.54, 1.807) is 0 Å². The maximum absolute atomic E-state index is 3.76. The van der Waals surface area contributed by atoms with Crippen LogP contribution in [-0.4, -0.2) is 16.4 Å². The van der Waals surface area contributed by atoms with E-state index in [9.17, 15) is 0 Å². The van der Waals surface area contributed by atoms with E-state index in [4.69, 9.17) is 0 Å². The minimum absolute atomic E-state index is 0. The van der Waals surface area contributed by atoms with Crippen LogP contribution in [0.2, 0.25) is 0 Å². The summed E-state index contributed by atoms with van der Waals surface area (Å²) in [6, 6.07) is 0. The second-order valence-corrected chi connectivity index (χ2v) is 1.91. The van der Waals surface area contributed by atoms with Crippen LogP contribution < -0.4 is 0 Å². The predicted molar refractivity (Wildman–Crippen MR) is 39.9 cm³/mol. The molecular weight excluding hydrogens is 223 g/mol. The largest absolute Gasteiger partial charge is 4.00 e. The van der Waals surface area contributed by atoms with Gasteiger partial charge in [-0.1, -0.05) is 32.6 Å². The van der Waals surface area contributed by atoms with E-state index in [1.807, 2.05) is 0 Å². The maximum atomic E-state index is 3.76. The minimum atomic E-state index is 0. The van der Waals surface area contributed by atoms with Gasteiger partial charge in [-0.3, -0.25) is 0 Å². The molecule has 0 aliphatic heterocycles. The Bertz CT molecular complexity index is 32.9. The smallest absolute Gasteiger partial charge is 0.870 e. The Kier molecular flexibility index (Phi) is 83.7. The Morgan fingerprint density at radius 1 is 0.909 bits per heavy atom. The molecule has 0 rings (SSSR count). The fourth-order valence-corrected chi connectivity index (χ4v) is 0.604. The van der Waals surface area contributed by atoms with Crippen LogP contribution >= 0.6 is 0 Å². The van der Waals surface area contributed by atoms with E-state index in [0.29, 0.717) is 0 Å². The zero-order valence-corrected chi connectivity index (χ0v) is 9.54. The summed E-state index contributed by atoms with van der Waals surface area (Å²) < 4.78 is 0. The Hall–Kier alpha value is 0.763. The van der Waals surface area contributed by atoms with Gasteiger partial charge >= 0.3 is 26.2 Å². The van der Waals surface area contributed by atoms with Crippen molar-refractivity contribution in [3.05, 3.63) is 6.92 Å². The summed E-state index contributed by atoms with van der Waals surface area (Å²) in [6.45, 7) is 5.98. The van der Waals surface area contributed by atoms with Crippen LogP contribution in [0.15, 0.2) is 0 Å². The molecule has 0 radical (unpaired) electrons. The first-order valence-corrected chi connectivity index (χ1v) is 3.21. The van der Waals surface area contributed by atoms with Crippen molar-refractivity contribution in [3.63, 3.8) is 0 Å². The SMILES string of the molecule is [CH2-]CCCCCC.[OH-].[OH-].[OH-].[Zr+4]. The van der Waals surface area contributed by atoms with Gasteiger partial charge in [0.15, 0.2) is 0 Å². The van der Waals surface area contributed by atoms with Gasteiger partial charge in [0.2, 0.25) is 0 Å². The first-order valence-electron chi connectivity index (χ1n) is 3.21. The standard InChI is InChI=1S/C7H15.3H2O.Zr/c1-3-5-7-6-4-2;;;;/h1,3-7H2,2H3;3*1H2;/q-1;;;;+4/p-3. The third kappa shape index (κ3) is 36.4. The molecule has 0 saturated carbocycles. The van der Waals surface area contributed by atoms with Crippen LogP contribution in [0, 0.1) is 6.92 Å². The number of hydrogen-bond donors (Lipinski definition) is 0. The normalized spacial score (nSPS) is 6.00. The Morgan fingerprint density at radius 3 is 1.64 bits per heavy atom. The summed E-state index contributed by atoms with van der Waals surface area (Å²) in [5.41, 5.74) is 0. The molecule has 0 aliphatic carbocycles. The predicted octanol–water partition coefficient (Wildman–Crippen LogP) is 2.26. The van der Waals surface area contributed by atoms with Crippen LogP contribution in [0.1, 0.15) is 39.0 Å². The van der Waals surface area contributed by atoms with E-state index in [-0.39, 0.29) is 42.6 Å². The van der Waals surface area contributed by atoms with Gasteiger partial charge < -0.3 is 23.4 Å². The van der Waals surface area contributed by atoms with Gasteiger partial charge in [-0.05, 0) is 0 Å². The van der Waals surface area contributed by atoms with Gasteiger partial charge in [0.25, 0.3) is 0 Å². The van der Waals surface area contributed by atoms with Crippen LogP contribution in [-0.2, 0) is 26.2 Å². The first-order chi connectivity index (χ1) is 3.41. The van der Waals surface area contributed by atoms with Crippen molar-refractivity contribution in [2.24, 2.45) is 0 Å². The molecule has 0 atom stereocenters. The maximum Gasteiger partial charge on any atom is 4.00 e. The molecule has 4 heteroatoms. The second-order valence-electron chi connectivity index (χ2n) is 1.91. The van der Waals surface area contributed by atoms with Crippen molar-refractivity contribution in [1.82, 2.24) is 0 Å². The van der Waals surface area contributed by atoms with E-state index in [0.717, 1.165) is 6.42 Å². The summed E-state index contributed by atoms with van der Waals surface area (Å²) in [5, 5.41) is 0. The minimum Gasteiger partial charge on any atom is -0.870 e. The van der Waals surface area contributed by atoms with Gasteiger partial charge in [0, 0.05) is 0 Å². The molecule has 0 saturated heterocycles. The third-order valence-electron chi connectivity index (χ3n) is 1.10. The summed E-state index contributed by atoms with van der Waals surface area (Å²) in [5.74, 6) is 0. The Morgan fingerprint density at radius 2 is 1.36 bits per heavy atom. The summed E-state index contributed by atoms with van der Waals surface area (Å²) in [6.07, 6.45) is 6.52. The number of rotatable bonds is 4. The summed E-state index contributed by atoms with van der Waals surface area (Å²) in [7, 11) is 0. The molecule has 0 aromatic carbocycles. The van der Waals surface area contributed by atoms with Gasteiger partial charge in [-0.15, -0.1) is 0 Å². The Labute approximate surface area is 88.6 Å². The van der Waals surface area contributed by atoms with Gasteiger partial charge in [-0.2, -0.15) is 6.42 Å². The molecule has 3 nitrogen and oxygen atoms in total. The zero-order chi connectivity index (χ0) is 5.54. The molecule has 0 fully saturated rings. The molecule has 0 aromatic heterocycles. The number of unbranched alkanes of at least 4 members (excludes halogenated alkanes) is 4. The monoisotopic (exact) mass is 240 g/mol. The van der Waals surface area contributed by atoms with E-state index < -0.39 is 0 Å². The average Bonchev–Trinajstić information content (AvgIpc) is 1.69. The van der Waals surface area contributed by atoms with Crippen molar-refractivity contribution in [1.29, 1.82) is 0 Å². The summed E-state index contributed by atoms with van der Waals surface area (Å²) in [4.78, 5) is 0. The summed E-state index contributed by atoms with van der Waals surface area (Å²) >= 11 is 0. The molecular formula is C7H18O3Zr. The topological polar surface area (TPSA) is 90.0 Å². The number of hydrogen-bond acceptors (Lipinski definition) is 3. The van der Waals surface area contributed by atoms with Gasteiger partial charge in [-0.25, -0.2) is 0 Å². The van der Waals surface area contributed by atoms with Crippen molar-refractivity contribution < 1.29 is 42.6 Å². The quantitative estimate of drug-likeness (QED) is 0.558. The molecule has 0 amide bonds. The molecule has 0 aromatic rings. The molecule has 0 heterocycles. The average molecular weight is 241 g/mol. The molecule has 0 bridgehead atoms. The first kappa shape index (κ1) is 29.8. The van der Waals surface area contributed by atoms with E-state index >= 15 is 0 Å². The van der Waals surface area contributed by atoms with Crippen LogP contribution in [0.3, 0.4) is 0 Å². The van der Waals surface area contributed by atoms with Gasteiger partial charge in [0.05, 0.1) is 0 Å². The molecule has 3 N–H and O–H groups in total. The van der Waals surface area contributed by atoms with Gasteiger partial charge in [0.1, 0.15) is 0 Å². The van der Waals surface area contributed by atoms with E-state index in [2.05, 4.69) is 13.8 Å². The van der Waals surface area contributed by atoms with Crippen molar-refractivity contribution >= 4 is 0 Å². The van der Waals surface area contributed by atoms with Crippen LogP contribution in [0.25, 0.3) is 0 Å². The van der Waals surface area contributed by atoms with Crippen molar-refractivity contribution in [2.75, 3.05) is 0 Å².